The second-order valence-corrected chi connectivity index (χ2v) is 7.05. The number of carboxylic acid groups (broad SMARTS) is 1. The monoisotopic (exact) mass is 273 g/mol. The first-order valence-corrected chi connectivity index (χ1v) is 7.40. The van der Waals surface area contributed by atoms with Gasteiger partial charge in [0, 0.05) is 13.2 Å². The normalized spacial score (nSPS) is 17.6. The van der Waals surface area contributed by atoms with Crippen molar-refractivity contribution in [3.63, 3.8) is 0 Å². The molecule has 0 aromatic carbocycles. The minimum Gasteiger partial charge on any atom is -0.481 e. The third-order valence-corrected chi connectivity index (χ3v) is 4.82. The Balaban J connectivity index is 2.02. The third-order valence-electron chi connectivity index (χ3n) is 3.03. The number of nitrogens with zero attached hydrogens (tertiary/aromatic N) is 3. The van der Waals surface area contributed by atoms with Gasteiger partial charge in [0.1, 0.15) is 0 Å². The van der Waals surface area contributed by atoms with Gasteiger partial charge in [0.15, 0.2) is 9.84 Å². The smallest absolute Gasteiger partial charge is 0.303 e. The Morgan fingerprint density at radius 3 is 2.67 bits per heavy atom. The second-order valence-electron chi connectivity index (χ2n) is 4.99. The number of hydrogen-bond donors (Lipinski definition) is 1. The van der Waals surface area contributed by atoms with Gasteiger partial charge in [-0.15, -0.1) is 5.10 Å². The van der Waals surface area contributed by atoms with Gasteiger partial charge < -0.3 is 5.11 Å². The lowest BCUT2D eigenvalue weighted by Gasteiger charge is -2.11. The van der Waals surface area contributed by atoms with Gasteiger partial charge in [-0.3, -0.25) is 9.48 Å². The molecule has 0 amide bonds. The van der Waals surface area contributed by atoms with Crippen LogP contribution in [0.2, 0.25) is 0 Å². The molecule has 0 saturated heterocycles. The van der Waals surface area contributed by atoms with Crippen molar-refractivity contribution in [3.8, 4) is 0 Å². The highest BCUT2D eigenvalue weighted by Gasteiger charge is 2.47. The van der Waals surface area contributed by atoms with Gasteiger partial charge in [-0.2, -0.15) is 0 Å². The maximum atomic E-state index is 12.0. The topological polar surface area (TPSA) is 102 Å². The highest BCUT2D eigenvalue weighted by atomic mass is 32.2. The molecule has 0 unspecified atom stereocenters. The lowest BCUT2D eigenvalue weighted by molar-refractivity contribution is -0.138. The molecule has 1 N–H and O–H groups in total. The fourth-order valence-corrected chi connectivity index (χ4v) is 4.08. The van der Waals surface area contributed by atoms with Gasteiger partial charge in [0.2, 0.25) is 0 Å². The molecule has 0 atom stereocenters. The SMILES string of the molecule is Cn1cc(CS(=O)(=O)CC2(CC(=O)O)CC2)nn1. The van der Waals surface area contributed by atoms with Crippen molar-refractivity contribution in [2.75, 3.05) is 5.75 Å². The molecule has 2 rings (SSSR count). The number of hydrogen-bond acceptors (Lipinski definition) is 5. The van der Waals surface area contributed by atoms with Crippen molar-refractivity contribution in [3.05, 3.63) is 11.9 Å². The Labute approximate surface area is 105 Å². The van der Waals surface area contributed by atoms with Crippen LogP contribution >= 0.6 is 0 Å². The summed E-state index contributed by atoms with van der Waals surface area (Å²) < 4.78 is 25.4. The number of carboxylic acids is 1. The van der Waals surface area contributed by atoms with E-state index in [1.807, 2.05) is 0 Å². The van der Waals surface area contributed by atoms with Crippen molar-refractivity contribution in [1.29, 1.82) is 0 Å². The van der Waals surface area contributed by atoms with Crippen LogP contribution in [-0.2, 0) is 27.4 Å². The van der Waals surface area contributed by atoms with E-state index < -0.39 is 21.2 Å². The van der Waals surface area contributed by atoms with E-state index >= 15 is 0 Å². The van der Waals surface area contributed by atoms with E-state index in [4.69, 9.17) is 5.11 Å². The zero-order valence-electron chi connectivity index (χ0n) is 10.0. The van der Waals surface area contributed by atoms with Crippen LogP contribution in [0.15, 0.2) is 6.20 Å². The third kappa shape index (κ3) is 3.28. The first-order chi connectivity index (χ1) is 8.30. The van der Waals surface area contributed by atoms with E-state index in [9.17, 15) is 13.2 Å². The minimum atomic E-state index is -3.34. The lowest BCUT2D eigenvalue weighted by Crippen LogP contribution is -2.21. The molecule has 7 nitrogen and oxygen atoms in total. The van der Waals surface area contributed by atoms with Gasteiger partial charge in [0.05, 0.1) is 23.6 Å². The van der Waals surface area contributed by atoms with E-state index in [0.29, 0.717) is 18.5 Å². The molecule has 0 bridgehead atoms. The highest BCUT2D eigenvalue weighted by Crippen LogP contribution is 2.50. The number of aromatic nitrogens is 3. The Hall–Kier alpha value is -1.44. The van der Waals surface area contributed by atoms with E-state index in [2.05, 4.69) is 10.3 Å². The van der Waals surface area contributed by atoms with Crippen LogP contribution in [0.25, 0.3) is 0 Å². The van der Waals surface area contributed by atoms with Crippen LogP contribution in [-0.4, -0.2) is 40.2 Å². The molecular weight excluding hydrogens is 258 g/mol. The number of sulfone groups is 1. The summed E-state index contributed by atoms with van der Waals surface area (Å²) in [6, 6.07) is 0. The van der Waals surface area contributed by atoms with Crippen LogP contribution in [0.5, 0.6) is 0 Å². The first kappa shape index (κ1) is 13.0. The van der Waals surface area contributed by atoms with Gasteiger partial charge in [-0.25, -0.2) is 8.42 Å². The Morgan fingerprint density at radius 2 is 2.22 bits per heavy atom. The number of carbonyl (C=O) groups is 1. The summed E-state index contributed by atoms with van der Waals surface area (Å²) in [6.07, 6.45) is 2.80. The summed E-state index contributed by atoms with van der Waals surface area (Å²) in [5.41, 5.74) is -0.156. The van der Waals surface area contributed by atoms with Gasteiger partial charge in [-0.1, -0.05) is 5.21 Å². The number of rotatable bonds is 6. The van der Waals surface area contributed by atoms with Crippen LogP contribution in [0.1, 0.15) is 25.0 Å². The largest absolute Gasteiger partial charge is 0.481 e. The van der Waals surface area contributed by atoms with Crippen LogP contribution in [0.3, 0.4) is 0 Å². The summed E-state index contributed by atoms with van der Waals surface area (Å²) in [7, 11) is -1.68. The van der Waals surface area contributed by atoms with E-state index in [1.54, 1.807) is 13.2 Å². The molecule has 1 aliphatic carbocycles. The molecule has 1 heterocycles. The maximum Gasteiger partial charge on any atom is 0.303 e. The van der Waals surface area contributed by atoms with Crippen LogP contribution in [0, 0.1) is 5.41 Å². The molecule has 0 aliphatic heterocycles. The summed E-state index contributed by atoms with van der Waals surface area (Å²) in [5, 5.41) is 16.2. The average molecular weight is 273 g/mol. The number of aliphatic carboxylic acids is 1. The first-order valence-electron chi connectivity index (χ1n) is 5.58. The van der Waals surface area contributed by atoms with E-state index in [1.165, 1.54) is 4.68 Å². The Kier molecular flexibility index (Phi) is 3.14. The van der Waals surface area contributed by atoms with Crippen molar-refractivity contribution >= 4 is 15.8 Å². The second kappa shape index (κ2) is 4.34. The Bertz CT molecular complexity index is 559. The molecule has 0 spiro atoms. The molecule has 100 valence electrons. The molecular formula is C10H15N3O4S. The average Bonchev–Trinajstić information content (AvgIpc) is 2.78. The van der Waals surface area contributed by atoms with Crippen molar-refractivity contribution in [1.82, 2.24) is 15.0 Å². The molecule has 1 aromatic rings. The molecule has 1 fully saturated rings. The molecule has 8 heteroatoms. The fraction of sp³-hybridized carbons (Fsp3) is 0.700. The van der Waals surface area contributed by atoms with Crippen LogP contribution < -0.4 is 0 Å². The predicted molar refractivity (Wildman–Crippen MR) is 62.4 cm³/mol. The molecule has 18 heavy (non-hydrogen) atoms. The standard InChI is InChI=1S/C10H15N3O4S/c1-13-5-8(11-12-13)6-18(16,17)7-10(2-3-10)4-9(14)15/h5H,2-4,6-7H2,1H3,(H,14,15). The summed E-state index contributed by atoms with van der Waals surface area (Å²) in [5.74, 6) is -1.20. The summed E-state index contributed by atoms with van der Waals surface area (Å²) in [6.45, 7) is 0. The van der Waals surface area contributed by atoms with Crippen molar-refractivity contribution in [2.45, 2.75) is 25.0 Å². The molecule has 1 saturated carbocycles. The fourth-order valence-electron chi connectivity index (χ4n) is 2.07. The molecule has 1 aliphatic rings. The number of aryl methyl sites for hydroxylation is 1. The van der Waals surface area contributed by atoms with Crippen molar-refractivity contribution < 1.29 is 18.3 Å². The minimum absolute atomic E-state index is 0.0767. The zero-order chi connectivity index (χ0) is 13.4. The molecule has 1 aromatic heterocycles. The zero-order valence-corrected chi connectivity index (χ0v) is 10.9. The highest BCUT2D eigenvalue weighted by molar-refractivity contribution is 7.90. The van der Waals surface area contributed by atoms with Crippen LogP contribution in [0.4, 0.5) is 0 Å². The lowest BCUT2D eigenvalue weighted by atomic mass is 10.1. The van der Waals surface area contributed by atoms with Gasteiger partial charge >= 0.3 is 5.97 Å². The van der Waals surface area contributed by atoms with E-state index in [0.717, 1.165) is 0 Å². The maximum absolute atomic E-state index is 12.0. The Morgan fingerprint density at radius 1 is 1.56 bits per heavy atom. The van der Waals surface area contributed by atoms with Gasteiger partial charge in [0.25, 0.3) is 0 Å². The van der Waals surface area contributed by atoms with Crippen molar-refractivity contribution in [2.24, 2.45) is 12.5 Å². The summed E-state index contributed by atoms with van der Waals surface area (Å²) >= 11 is 0. The predicted octanol–water partition coefficient (Wildman–Crippen LogP) is -0.0152. The summed E-state index contributed by atoms with van der Waals surface area (Å²) in [4.78, 5) is 10.7. The quantitative estimate of drug-likeness (QED) is 0.781. The van der Waals surface area contributed by atoms with Gasteiger partial charge in [-0.05, 0) is 18.3 Å². The molecule has 0 radical (unpaired) electrons. The van der Waals surface area contributed by atoms with E-state index in [-0.39, 0.29) is 17.9 Å².